The summed E-state index contributed by atoms with van der Waals surface area (Å²) in [4.78, 5) is 28.0. The van der Waals surface area contributed by atoms with Gasteiger partial charge in [-0.1, -0.05) is 29.3 Å². The minimum absolute atomic E-state index is 0.0585. The van der Waals surface area contributed by atoms with Crippen molar-refractivity contribution >= 4 is 46.0 Å². The van der Waals surface area contributed by atoms with Gasteiger partial charge >= 0.3 is 5.97 Å². The third-order valence-electron chi connectivity index (χ3n) is 9.78. The lowest BCUT2D eigenvalue weighted by atomic mass is 9.98. The molecular weight excluding hydrogens is 679 g/mol. The summed E-state index contributed by atoms with van der Waals surface area (Å²) in [7, 11) is 1.92. The highest BCUT2D eigenvalue weighted by atomic mass is 35.5. The number of aromatic carboxylic acids is 1. The summed E-state index contributed by atoms with van der Waals surface area (Å²) in [6.45, 7) is 10.9. The number of benzene rings is 3. The zero-order chi connectivity index (χ0) is 35.6. The third kappa shape index (κ3) is 5.64. The number of carboxylic acid groups (broad SMARTS) is 1. The van der Waals surface area contributed by atoms with Crippen LogP contribution in [0.5, 0.6) is 17.2 Å². The van der Waals surface area contributed by atoms with Crippen LogP contribution in [0.1, 0.15) is 68.3 Å². The predicted molar refractivity (Wildman–Crippen MR) is 192 cm³/mol. The molecule has 0 aliphatic carbocycles. The standard InChI is InChI=1S/C38H38Cl2N4O6/c1-19-14-25(15-20(2)34(19)40)48-13-7-8-26-27-10-11-28(39)33(32-22(4)41-42(6)23(32)5)35(27)44-21(3)17-43(37(45)36(26)44)31-18-49-30-16-24(38(46)47)9-12-29(30)50-31/h9-12,14-16,21,31H,7-8,13,17-18H2,1-6H3,(H,46,47)/t21?,31-/m1/s1. The monoisotopic (exact) mass is 716 g/mol. The summed E-state index contributed by atoms with van der Waals surface area (Å²) in [5.41, 5.74) is 8.05. The van der Waals surface area contributed by atoms with Crippen molar-refractivity contribution < 1.29 is 28.9 Å². The molecule has 7 rings (SSSR count). The Labute approximate surface area is 300 Å². The van der Waals surface area contributed by atoms with Gasteiger partial charge in [-0.15, -0.1) is 0 Å². The third-order valence-corrected chi connectivity index (χ3v) is 10.7. The van der Waals surface area contributed by atoms with Crippen molar-refractivity contribution in [1.29, 1.82) is 0 Å². The topological polar surface area (TPSA) is 108 Å². The molecule has 2 atom stereocenters. The van der Waals surface area contributed by atoms with Crippen LogP contribution in [-0.2, 0) is 13.5 Å². The highest BCUT2D eigenvalue weighted by Gasteiger charge is 2.41. The number of aromatic nitrogens is 3. The van der Waals surface area contributed by atoms with E-state index in [-0.39, 0.29) is 24.1 Å². The van der Waals surface area contributed by atoms with Crippen LogP contribution < -0.4 is 14.2 Å². The summed E-state index contributed by atoms with van der Waals surface area (Å²) in [6.07, 6.45) is 0.518. The minimum Gasteiger partial charge on any atom is -0.494 e. The van der Waals surface area contributed by atoms with Crippen LogP contribution in [0.4, 0.5) is 0 Å². The van der Waals surface area contributed by atoms with Gasteiger partial charge in [-0.2, -0.15) is 5.10 Å². The second-order valence-electron chi connectivity index (χ2n) is 13.2. The van der Waals surface area contributed by atoms with Gasteiger partial charge in [0.2, 0.25) is 6.23 Å². The number of hydrogen-bond donors (Lipinski definition) is 1. The van der Waals surface area contributed by atoms with E-state index in [0.29, 0.717) is 48.2 Å². The molecule has 2 aromatic heterocycles. The predicted octanol–water partition coefficient (Wildman–Crippen LogP) is 8.11. The Hall–Kier alpha value is -4.67. The molecule has 0 bridgehead atoms. The molecule has 1 unspecified atom stereocenters. The quantitative estimate of drug-likeness (QED) is 0.162. The smallest absolute Gasteiger partial charge is 0.335 e. The summed E-state index contributed by atoms with van der Waals surface area (Å²) in [5.74, 6) is 0.241. The molecule has 1 amide bonds. The first-order chi connectivity index (χ1) is 23.8. The van der Waals surface area contributed by atoms with Crippen LogP contribution in [0.2, 0.25) is 10.0 Å². The Kier molecular flexibility index (Phi) is 8.72. The summed E-state index contributed by atoms with van der Waals surface area (Å²) >= 11 is 13.4. The lowest BCUT2D eigenvalue weighted by Gasteiger charge is -2.40. The molecule has 260 valence electrons. The fourth-order valence-corrected chi connectivity index (χ4v) is 7.71. The van der Waals surface area contributed by atoms with E-state index in [1.165, 1.54) is 12.1 Å². The Balaban J connectivity index is 1.29. The van der Waals surface area contributed by atoms with Crippen LogP contribution >= 0.6 is 23.2 Å². The van der Waals surface area contributed by atoms with Gasteiger partial charge in [0.1, 0.15) is 18.1 Å². The number of rotatable bonds is 8. The number of fused-ring (bicyclic) bond motifs is 4. The Morgan fingerprint density at radius 1 is 1.04 bits per heavy atom. The highest BCUT2D eigenvalue weighted by molar-refractivity contribution is 6.35. The number of halogens is 2. The minimum atomic E-state index is -1.06. The largest absolute Gasteiger partial charge is 0.494 e. The lowest BCUT2D eigenvalue weighted by molar-refractivity contribution is -0.0274. The van der Waals surface area contributed by atoms with Gasteiger partial charge in [0, 0.05) is 46.9 Å². The number of ether oxygens (including phenoxy) is 3. The first kappa shape index (κ1) is 33.8. The van der Waals surface area contributed by atoms with E-state index in [1.54, 1.807) is 11.0 Å². The molecule has 3 aromatic carbocycles. The van der Waals surface area contributed by atoms with Gasteiger partial charge < -0.3 is 23.9 Å². The first-order valence-electron chi connectivity index (χ1n) is 16.6. The van der Waals surface area contributed by atoms with Gasteiger partial charge in [-0.3, -0.25) is 14.4 Å². The molecular formula is C38H38Cl2N4O6. The van der Waals surface area contributed by atoms with Gasteiger partial charge in [0.15, 0.2) is 11.5 Å². The first-order valence-corrected chi connectivity index (χ1v) is 17.3. The second-order valence-corrected chi connectivity index (χ2v) is 14.0. The average Bonchev–Trinajstić information content (AvgIpc) is 3.55. The zero-order valence-corrected chi connectivity index (χ0v) is 30.3. The maximum absolute atomic E-state index is 14.7. The number of carboxylic acids is 1. The number of amides is 1. The van der Waals surface area contributed by atoms with E-state index in [4.69, 9.17) is 37.4 Å². The van der Waals surface area contributed by atoms with Crippen molar-refractivity contribution in [1.82, 2.24) is 19.2 Å². The van der Waals surface area contributed by atoms with Crippen LogP contribution in [-0.4, -0.2) is 62.2 Å². The molecule has 2 aliphatic rings. The molecule has 0 spiro atoms. The number of carbonyl (C=O) groups excluding carboxylic acids is 1. The SMILES string of the molecule is Cc1cc(OCCCc2c3n(c4c(-c5c(C)nn(C)c5C)c(Cl)ccc24)C(C)CN([C@H]2COc4cc(C(=O)O)ccc4O2)C3=O)cc(C)c1Cl. The molecule has 0 saturated carbocycles. The van der Waals surface area contributed by atoms with E-state index in [1.807, 2.05) is 63.7 Å². The van der Waals surface area contributed by atoms with Crippen molar-refractivity contribution in [3.8, 4) is 28.4 Å². The lowest BCUT2D eigenvalue weighted by Crippen LogP contribution is -2.53. The maximum atomic E-state index is 14.7. The summed E-state index contributed by atoms with van der Waals surface area (Å²) in [5, 5.41) is 16.4. The fourth-order valence-electron chi connectivity index (χ4n) is 7.35. The Bertz CT molecular complexity index is 2180. The summed E-state index contributed by atoms with van der Waals surface area (Å²) < 4.78 is 22.4. The molecule has 2 aliphatic heterocycles. The van der Waals surface area contributed by atoms with E-state index in [0.717, 1.165) is 60.9 Å². The number of hydrogen-bond acceptors (Lipinski definition) is 6. The van der Waals surface area contributed by atoms with Gasteiger partial charge in [0.25, 0.3) is 5.91 Å². The van der Waals surface area contributed by atoms with Crippen molar-refractivity contribution in [2.24, 2.45) is 7.05 Å². The normalized spacial score (nSPS) is 17.0. The van der Waals surface area contributed by atoms with Gasteiger partial charge in [-0.05, 0) is 101 Å². The maximum Gasteiger partial charge on any atom is 0.335 e. The van der Waals surface area contributed by atoms with Gasteiger partial charge in [0.05, 0.1) is 28.4 Å². The second kappa shape index (κ2) is 12.9. The highest BCUT2D eigenvalue weighted by Crippen LogP contribution is 2.45. The van der Waals surface area contributed by atoms with Crippen LogP contribution in [0.15, 0.2) is 42.5 Å². The van der Waals surface area contributed by atoms with Crippen LogP contribution in [0, 0.1) is 27.7 Å². The Morgan fingerprint density at radius 3 is 2.46 bits per heavy atom. The zero-order valence-electron chi connectivity index (χ0n) is 28.8. The van der Waals surface area contributed by atoms with Crippen LogP contribution in [0.25, 0.3) is 22.0 Å². The number of carbonyl (C=O) groups is 2. The van der Waals surface area contributed by atoms with E-state index in [9.17, 15) is 14.7 Å². The molecule has 0 saturated heterocycles. The molecule has 1 N–H and O–H groups in total. The van der Waals surface area contributed by atoms with Gasteiger partial charge in [-0.25, -0.2) is 4.79 Å². The number of nitrogens with zero attached hydrogens (tertiary/aromatic N) is 4. The molecule has 10 nitrogen and oxygen atoms in total. The molecule has 50 heavy (non-hydrogen) atoms. The Morgan fingerprint density at radius 2 is 1.78 bits per heavy atom. The van der Waals surface area contributed by atoms with E-state index < -0.39 is 12.2 Å². The van der Waals surface area contributed by atoms with Crippen molar-refractivity contribution in [3.63, 3.8) is 0 Å². The molecule has 0 radical (unpaired) electrons. The molecule has 5 aromatic rings. The van der Waals surface area contributed by atoms with Crippen molar-refractivity contribution in [2.45, 2.75) is 59.7 Å². The van der Waals surface area contributed by atoms with Crippen LogP contribution in [0.3, 0.4) is 0 Å². The average molecular weight is 718 g/mol. The van der Waals surface area contributed by atoms with E-state index >= 15 is 0 Å². The number of aryl methyl sites for hydroxylation is 5. The van der Waals surface area contributed by atoms with Crippen molar-refractivity contribution in [2.75, 3.05) is 19.8 Å². The molecule has 12 heteroatoms. The van der Waals surface area contributed by atoms with E-state index in [2.05, 4.69) is 16.6 Å². The molecule has 0 fully saturated rings. The molecule has 4 heterocycles. The fraction of sp³-hybridized carbons (Fsp3) is 0.342. The van der Waals surface area contributed by atoms with Crippen molar-refractivity contribution in [3.05, 3.63) is 91.8 Å². The summed E-state index contributed by atoms with van der Waals surface area (Å²) in [6, 6.07) is 12.1.